The van der Waals surface area contributed by atoms with Gasteiger partial charge in [-0.1, -0.05) is 25.5 Å². The molecule has 1 atom stereocenters. The summed E-state index contributed by atoms with van der Waals surface area (Å²) in [7, 11) is 0. The second-order valence-corrected chi connectivity index (χ2v) is 4.48. The van der Waals surface area contributed by atoms with Crippen molar-refractivity contribution in [2.45, 2.75) is 53.6 Å². The summed E-state index contributed by atoms with van der Waals surface area (Å²) < 4.78 is 0. The molecule has 0 aromatic rings. The number of hydrogen-bond acceptors (Lipinski definition) is 1. The first-order valence-electron chi connectivity index (χ1n) is 4.67. The molecule has 0 bridgehead atoms. The third-order valence-electron chi connectivity index (χ3n) is 2.47. The quantitative estimate of drug-likeness (QED) is 0.643. The van der Waals surface area contributed by atoms with Gasteiger partial charge in [-0.3, -0.25) is 0 Å². The first-order chi connectivity index (χ1) is 5.36. The smallest absolute Gasteiger partial charge is 0.0563 e. The Bertz CT molecular complexity index is 150. The lowest BCUT2D eigenvalue weighted by Crippen LogP contribution is -2.25. The molecule has 0 fully saturated rings. The van der Waals surface area contributed by atoms with Crippen molar-refractivity contribution in [3.8, 4) is 0 Å². The second-order valence-electron chi connectivity index (χ2n) is 4.48. The van der Waals surface area contributed by atoms with Gasteiger partial charge in [-0.2, -0.15) is 0 Å². The lowest BCUT2D eigenvalue weighted by Gasteiger charge is -2.27. The Labute approximate surface area is 76.5 Å². The Morgan fingerprint density at radius 3 is 2.25 bits per heavy atom. The van der Waals surface area contributed by atoms with E-state index in [9.17, 15) is 5.11 Å². The zero-order valence-corrected chi connectivity index (χ0v) is 9.02. The molecule has 1 nitrogen and oxygen atoms in total. The summed E-state index contributed by atoms with van der Waals surface area (Å²) in [6, 6.07) is 0. The Balaban J connectivity index is 3.84. The molecule has 0 amide bonds. The van der Waals surface area contributed by atoms with E-state index in [1.54, 1.807) is 0 Å². The van der Waals surface area contributed by atoms with Crippen molar-refractivity contribution in [1.29, 1.82) is 0 Å². The van der Waals surface area contributed by atoms with Crippen molar-refractivity contribution in [1.82, 2.24) is 0 Å². The highest BCUT2D eigenvalue weighted by molar-refractivity contribution is 4.94. The molecule has 0 saturated heterocycles. The molecule has 1 unspecified atom stereocenters. The lowest BCUT2D eigenvalue weighted by molar-refractivity contribution is 0.0605. The van der Waals surface area contributed by atoms with E-state index in [-0.39, 0.29) is 11.5 Å². The minimum absolute atomic E-state index is 0.0476. The molecule has 12 heavy (non-hydrogen) atoms. The minimum atomic E-state index is -0.219. The molecule has 0 aliphatic rings. The SMILES string of the molecule is CC(C)=CCCC(C)(C)C(C)O. The number of hydrogen-bond donors (Lipinski definition) is 1. The van der Waals surface area contributed by atoms with Crippen molar-refractivity contribution in [3.63, 3.8) is 0 Å². The molecule has 0 aromatic carbocycles. The molecule has 0 spiro atoms. The Morgan fingerprint density at radius 2 is 1.92 bits per heavy atom. The van der Waals surface area contributed by atoms with Crippen LogP contribution in [0.5, 0.6) is 0 Å². The van der Waals surface area contributed by atoms with Crippen LogP contribution in [0.2, 0.25) is 0 Å². The standard InChI is InChI=1S/C11H22O/c1-9(2)7-6-8-11(4,5)10(3)12/h7,10,12H,6,8H2,1-5H3. The fraction of sp³-hybridized carbons (Fsp3) is 0.818. The molecule has 0 heterocycles. The molecule has 0 rings (SSSR count). The van der Waals surface area contributed by atoms with Crippen LogP contribution in [-0.2, 0) is 0 Å². The van der Waals surface area contributed by atoms with Gasteiger partial charge in [-0.05, 0) is 39.0 Å². The highest BCUT2D eigenvalue weighted by Crippen LogP contribution is 2.26. The Morgan fingerprint density at radius 1 is 1.42 bits per heavy atom. The van der Waals surface area contributed by atoms with Gasteiger partial charge in [0, 0.05) is 0 Å². The first kappa shape index (κ1) is 11.7. The third kappa shape index (κ3) is 4.55. The molecule has 1 heteroatoms. The molecule has 0 saturated carbocycles. The van der Waals surface area contributed by atoms with Gasteiger partial charge in [0.1, 0.15) is 0 Å². The van der Waals surface area contributed by atoms with Crippen LogP contribution in [0.1, 0.15) is 47.5 Å². The molecular formula is C11H22O. The summed E-state index contributed by atoms with van der Waals surface area (Å²) in [6.45, 7) is 10.3. The maximum absolute atomic E-state index is 9.42. The second kappa shape index (κ2) is 4.66. The van der Waals surface area contributed by atoms with Crippen LogP contribution in [0.4, 0.5) is 0 Å². The predicted octanol–water partition coefficient (Wildman–Crippen LogP) is 3.14. The highest BCUT2D eigenvalue weighted by Gasteiger charge is 2.22. The van der Waals surface area contributed by atoms with Crippen molar-refractivity contribution >= 4 is 0 Å². The van der Waals surface area contributed by atoms with Gasteiger partial charge in [-0.15, -0.1) is 0 Å². The van der Waals surface area contributed by atoms with Gasteiger partial charge in [-0.25, -0.2) is 0 Å². The number of rotatable bonds is 4. The summed E-state index contributed by atoms with van der Waals surface area (Å²) in [5.74, 6) is 0. The van der Waals surface area contributed by atoms with Crippen LogP contribution in [-0.4, -0.2) is 11.2 Å². The fourth-order valence-corrected chi connectivity index (χ4v) is 0.942. The average Bonchev–Trinajstić information content (AvgIpc) is 1.85. The summed E-state index contributed by atoms with van der Waals surface area (Å²) in [5, 5.41) is 9.42. The van der Waals surface area contributed by atoms with Gasteiger partial charge in [0.2, 0.25) is 0 Å². The van der Waals surface area contributed by atoms with E-state index in [0.717, 1.165) is 12.8 Å². The van der Waals surface area contributed by atoms with Crippen LogP contribution < -0.4 is 0 Å². The zero-order valence-electron chi connectivity index (χ0n) is 9.02. The molecular weight excluding hydrogens is 148 g/mol. The maximum Gasteiger partial charge on any atom is 0.0563 e. The maximum atomic E-state index is 9.42. The summed E-state index contributed by atoms with van der Waals surface area (Å²) in [5.41, 5.74) is 1.41. The highest BCUT2D eigenvalue weighted by atomic mass is 16.3. The van der Waals surface area contributed by atoms with Crippen LogP contribution in [0, 0.1) is 5.41 Å². The third-order valence-corrected chi connectivity index (χ3v) is 2.47. The molecule has 0 aromatic heterocycles. The van der Waals surface area contributed by atoms with E-state index in [1.165, 1.54) is 5.57 Å². The van der Waals surface area contributed by atoms with E-state index < -0.39 is 0 Å². The number of aliphatic hydroxyl groups is 1. The molecule has 1 N–H and O–H groups in total. The van der Waals surface area contributed by atoms with Crippen LogP contribution in [0.15, 0.2) is 11.6 Å². The predicted molar refractivity (Wildman–Crippen MR) is 54.1 cm³/mol. The van der Waals surface area contributed by atoms with E-state index in [2.05, 4.69) is 33.8 Å². The summed E-state index contributed by atoms with van der Waals surface area (Å²) in [6.07, 6.45) is 4.13. The van der Waals surface area contributed by atoms with Crippen LogP contribution in [0.3, 0.4) is 0 Å². The largest absolute Gasteiger partial charge is 0.393 e. The Kier molecular flexibility index (Phi) is 4.54. The van der Waals surface area contributed by atoms with E-state index in [4.69, 9.17) is 0 Å². The van der Waals surface area contributed by atoms with Gasteiger partial charge in [0.25, 0.3) is 0 Å². The van der Waals surface area contributed by atoms with E-state index in [0.29, 0.717) is 0 Å². The lowest BCUT2D eigenvalue weighted by atomic mass is 9.82. The average molecular weight is 170 g/mol. The fourth-order valence-electron chi connectivity index (χ4n) is 0.942. The molecule has 0 aliphatic carbocycles. The van der Waals surface area contributed by atoms with Crippen LogP contribution in [0.25, 0.3) is 0 Å². The van der Waals surface area contributed by atoms with Crippen molar-refractivity contribution < 1.29 is 5.11 Å². The zero-order chi connectivity index (χ0) is 9.78. The van der Waals surface area contributed by atoms with E-state index >= 15 is 0 Å². The normalized spacial score (nSPS) is 14.2. The van der Waals surface area contributed by atoms with Gasteiger partial charge in [0.05, 0.1) is 6.10 Å². The molecule has 0 aliphatic heterocycles. The summed E-state index contributed by atoms with van der Waals surface area (Å²) in [4.78, 5) is 0. The van der Waals surface area contributed by atoms with Crippen molar-refractivity contribution in [2.75, 3.05) is 0 Å². The van der Waals surface area contributed by atoms with Gasteiger partial charge in [0.15, 0.2) is 0 Å². The van der Waals surface area contributed by atoms with E-state index in [1.807, 2.05) is 6.92 Å². The molecule has 72 valence electrons. The molecule has 0 radical (unpaired) electrons. The number of allylic oxidation sites excluding steroid dienone is 2. The van der Waals surface area contributed by atoms with Crippen LogP contribution >= 0.6 is 0 Å². The minimum Gasteiger partial charge on any atom is -0.393 e. The topological polar surface area (TPSA) is 20.2 Å². The first-order valence-corrected chi connectivity index (χ1v) is 4.67. The van der Waals surface area contributed by atoms with Gasteiger partial charge < -0.3 is 5.11 Å². The Hall–Kier alpha value is -0.300. The van der Waals surface area contributed by atoms with Gasteiger partial charge >= 0.3 is 0 Å². The summed E-state index contributed by atoms with van der Waals surface area (Å²) >= 11 is 0. The monoisotopic (exact) mass is 170 g/mol. The number of aliphatic hydroxyl groups excluding tert-OH is 1. The van der Waals surface area contributed by atoms with Crippen molar-refractivity contribution in [3.05, 3.63) is 11.6 Å². The van der Waals surface area contributed by atoms with Crippen molar-refractivity contribution in [2.24, 2.45) is 5.41 Å².